The summed E-state index contributed by atoms with van der Waals surface area (Å²) >= 11 is 12.1. The number of benzene rings is 1. The van der Waals surface area contributed by atoms with Gasteiger partial charge in [-0.2, -0.15) is 4.31 Å². The molecule has 0 saturated carbocycles. The molecule has 9 heteroatoms. The van der Waals surface area contributed by atoms with Crippen LogP contribution in [0.4, 0.5) is 0 Å². The summed E-state index contributed by atoms with van der Waals surface area (Å²) in [6, 6.07) is 7.37. The number of sulfonamides is 1. The highest BCUT2D eigenvalue weighted by molar-refractivity contribution is 7.89. The third kappa shape index (κ3) is 3.84. The van der Waals surface area contributed by atoms with Gasteiger partial charge in [0.25, 0.3) is 0 Å². The normalized spacial score (nSPS) is 18.4. The summed E-state index contributed by atoms with van der Waals surface area (Å²) in [4.78, 5) is 11.3. The van der Waals surface area contributed by atoms with Gasteiger partial charge >= 0.3 is 5.63 Å². The Hall–Kier alpha value is -1.54. The van der Waals surface area contributed by atoms with E-state index in [9.17, 15) is 13.2 Å². The average molecular weight is 404 g/mol. The van der Waals surface area contributed by atoms with Crippen molar-refractivity contribution in [2.24, 2.45) is 0 Å². The smallest absolute Gasteiger partial charge is 0.339 e. The third-order valence-electron chi connectivity index (χ3n) is 3.79. The number of aryl methyl sites for hydroxylation is 1. The molecule has 0 radical (unpaired) electrons. The molecule has 0 spiro atoms. The Morgan fingerprint density at radius 3 is 2.56 bits per heavy atom. The van der Waals surface area contributed by atoms with Gasteiger partial charge in [-0.15, -0.1) is 0 Å². The second-order valence-corrected chi connectivity index (χ2v) is 8.35. The van der Waals surface area contributed by atoms with Crippen molar-refractivity contribution in [1.82, 2.24) is 4.31 Å². The van der Waals surface area contributed by atoms with E-state index in [4.69, 9.17) is 32.4 Å². The Labute approximate surface area is 155 Å². The van der Waals surface area contributed by atoms with Gasteiger partial charge in [0.1, 0.15) is 22.5 Å². The van der Waals surface area contributed by atoms with Crippen LogP contribution < -0.4 is 10.4 Å². The zero-order valence-electron chi connectivity index (χ0n) is 13.2. The Morgan fingerprint density at radius 2 is 1.92 bits per heavy atom. The summed E-state index contributed by atoms with van der Waals surface area (Å²) in [5, 5.41) is 0.154. The SMILES string of the molecule is Cc1cc(OC2CCN(S(=O)(=O)c3c(Cl)cccc3Cl)C2)cc(=O)o1. The maximum atomic E-state index is 12.8. The van der Waals surface area contributed by atoms with Gasteiger partial charge in [0.15, 0.2) is 0 Å². The molecule has 1 aromatic carbocycles. The predicted molar refractivity (Wildman–Crippen MR) is 94.0 cm³/mol. The zero-order valence-corrected chi connectivity index (χ0v) is 15.6. The van der Waals surface area contributed by atoms with Crippen LogP contribution in [-0.4, -0.2) is 31.9 Å². The molecule has 6 nitrogen and oxygen atoms in total. The van der Waals surface area contributed by atoms with Gasteiger partial charge in [-0.05, 0) is 25.5 Å². The monoisotopic (exact) mass is 403 g/mol. The minimum Gasteiger partial charge on any atom is -0.489 e. The van der Waals surface area contributed by atoms with Gasteiger partial charge in [0, 0.05) is 12.6 Å². The summed E-state index contributed by atoms with van der Waals surface area (Å²) in [6.45, 7) is 2.05. The van der Waals surface area contributed by atoms with E-state index in [1.165, 1.54) is 22.5 Å². The lowest BCUT2D eigenvalue weighted by molar-refractivity contribution is 0.213. The van der Waals surface area contributed by atoms with Crippen LogP contribution in [0.25, 0.3) is 0 Å². The number of hydrogen-bond acceptors (Lipinski definition) is 5. The fourth-order valence-corrected chi connectivity index (χ4v) is 5.28. The molecule has 0 N–H and O–H groups in total. The minimum atomic E-state index is -3.83. The predicted octanol–water partition coefficient (Wildman–Crippen LogP) is 3.10. The molecule has 1 unspecified atom stereocenters. The topological polar surface area (TPSA) is 76.8 Å². The van der Waals surface area contributed by atoms with Crippen molar-refractivity contribution in [3.8, 4) is 5.75 Å². The molecule has 0 bridgehead atoms. The van der Waals surface area contributed by atoms with Crippen molar-refractivity contribution < 1.29 is 17.6 Å². The van der Waals surface area contributed by atoms with E-state index in [1.807, 2.05) is 0 Å². The first-order valence-electron chi connectivity index (χ1n) is 7.50. The molecule has 0 amide bonds. The Balaban J connectivity index is 1.79. The molecule has 1 aliphatic rings. The van der Waals surface area contributed by atoms with E-state index in [2.05, 4.69) is 0 Å². The standard InChI is InChI=1S/C16H15Cl2NO5S/c1-10-7-12(8-15(20)23-10)24-11-5-6-19(9-11)25(21,22)16-13(17)3-2-4-14(16)18/h2-4,7-8,11H,5-6,9H2,1H3. The van der Waals surface area contributed by atoms with Crippen LogP contribution in [-0.2, 0) is 10.0 Å². The molecule has 1 atom stereocenters. The van der Waals surface area contributed by atoms with Crippen LogP contribution in [0.1, 0.15) is 12.2 Å². The van der Waals surface area contributed by atoms with Crippen LogP contribution >= 0.6 is 23.2 Å². The van der Waals surface area contributed by atoms with Gasteiger partial charge in [-0.3, -0.25) is 0 Å². The van der Waals surface area contributed by atoms with E-state index in [-0.39, 0.29) is 34.1 Å². The van der Waals surface area contributed by atoms with Crippen LogP contribution in [0.15, 0.2) is 44.4 Å². The Kier molecular flexibility index (Phi) is 5.11. The second kappa shape index (κ2) is 6.99. The molecule has 134 valence electrons. The fraction of sp³-hybridized carbons (Fsp3) is 0.312. The van der Waals surface area contributed by atoms with E-state index < -0.39 is 15.6 Å². The molecule has 0 aliphatic carbocycles. The lowest BCUT2D eigenvalue weighted by Gasteiger charge is -2.18. The second-order valence-electron chi connectivity index (χ2n) is 5.67. The highest BCUT2D eigenvalue weighted by atomic mass is 35.5. The van der Waals surface area contributed by atoms with Gasteiger partial charge in [-0.25, -0.2) is 13.2 Å². The molecule has 2 heterocycles. The van der Waals surface area contributed by atoms with E-state index >= 15 is 0 Å². The number of ether oxygens (including phenoxy) is 1. The Bertz CT molecular complexity index is 937. The molecular weight excluding hydrogens is 389 g/mol. The van der Waals surface area contributed by atoms with Crippen molar-refractivity contribution in [2.75, 3.05) is 13.1 Å². The number of halogens is 2. The quantitative estimate of drug-likeness (QED) is 0.783. The Morgan fingerprint density at radius 1 is 1.24 bits per heavy atom. The molecular formula is C16H15Cl2NO5S. The highest BCUT2D eigenvalue weighted by Gasteiger charge is 2.36. The van der Waals surface area contributed by atoms with Gasteiger partial charge < -0.3 is 9.15 Å². The number of hydrogen-bond donors (Lipinski definition) is 0. The lowest BCUT2D eigenvalue weighted by Crippen LogP contribution is -2.31. The zero-order chi connectivity index (χ0) is 18.2. The van der Waals surface area contributed by atoms with Crippen LogP contribution in [0, 0.1) is 6.92 Å². The third-order valence-corrected chi connectivity index (χ3v) is 6.62. The van der Waals surface area contributed by atoms with Gasteiger partial charge in [0.05, 0.1) is 22.7 Å². The first-order valence-corrected chi connectivity index (χ1v) is 9.69. The molecule has 1 saturated heterocycles. The maximum Gasteiger partial charge on any atom is 0.339 e. The molecule has 1 fully saturated rings. The van der Waals surface area contributed by atoms with Crippen LogP contribution in [0.3, 0.4) is 0 Å². The van der Waals surface area contributed by atoms with Crippen LogP contribution in [0.5, 0.6) is 5.75 Å². The lowest BCUT2D eigenvalue weighted by atomic mass is 10.3. The van der Waals surface area contributed by atoms with Crippen molar-refractivity contribution >= 4 is 33.2 Å². The molecule has 1 aromatic heterocycles. The van der Waals surface area contributed by atoms with E-state index in [0.29, 0.717) is 17.9 Å². The van der Waals surface area contributed by atoms with Crippen LogP contribution in [0.2, 0.25) is 10.0 Å². The molecule has 2 aromatic rings. The largest absolute Gasteiger partial charge is 0.489 e. The summed E-state index contributed by atoms with van der Waals surface area (Å²) in [7, 11) is -3.83. The molecule has 1 aliphatic heterocycles. The average Bonchev–Trinajstić information content (AvgIpc) is 2.95. The summed E-state index contributed by atoms with van der Waals surface area (Å²) in [5.41, 5.74) is -0.514. The van der Waals surface area contributed by atoms with Crippen molar-refractivity contribution in [3.05, 3.63) is 56.6 Å². The van der Waals surface area contributed by atoms with Crippen molar-refractivity contribution in [2.45, 2.75) is 24.3 Å². The fourth-order valence-electron chi connectivity index (χ4n) is 2.71. The van der Waals surface area contributed by atoms with E-state index in [0.717, 1.165) is 0 Å². The maximum absolute atomic E-state index is 12.8. The molecule has 25 heavy (non-hydrogen) atoms. The molecule has 3 rings (SSSR count). The highest BCUT2D eigenvalue weighted by Crippen LogP contribution is 2.33. The van der Waals surface area contributed by atoms with Crippen molar-refractivity contribution in [1.29, 1.82) is 0 Å². The number of rotatable bonds is 4. The summed E-state index contributed by atoms with van der Waals surface area (Å²) in [6.07, 6.45) is 0.109. The van der Waals surface area contributed by atoms with Crippen molar-refractivity contribution in [3.63, 3.8) is 0 Å². The summed E-state index contributed by atoms with van der Waals surface area (Å²) < 4.78 is 37.5. The summed E-state index contributed by atoms with van der Waals surface area (Å²) in [5.74, 6) is 0.779. The first-order chi connectivity index (χ1) is 11.8. The van der Waals surface area contributed by atoms with E-state index in [1.54, 1.807) is 19.1 Å². The van der Waals surface area contributed by atoms with Gasteiger partial charge in [-0.1, -0.05) is 29.3 Å². The van der Waals surface area contributed by atoms with Gasteiger partial charge in [0.2, 0.25) is 10.0 Å². The minimum absolute atomic E-state index is 0.0770. The first kappa shape index (κ1) is 18.3. The number of nitrogens with zero attached hydrogens (tertiary/aromatic N) is 1.